The number of aryl methyl sites for hydroxylation is 1. The number of allylic oxidation sites excluding steroid dienone is 2. The van der Waals surface area contributed by atoms with Crippen LogP contribution in [0, 0.1) is 11.8 Å². The Bertz CT molecular complexity index is 4120. The Balaban J connectivity index is 0.000000187. The van der Waals surface area contributed by atoms with E-state index in [9.17, 15) is 24.0 Å². The van der Waals surface area contributed by atoms with Gasteiger partial charge in [0.25, 0.3) is 17.7 Å². The molecule has 0 spiro atoms. The summed E-state index contributed by atoms with van der Waals surface area (Å²) in [6.45, 7) is 5.80. The Morgan fingerprint density at radius 1 is 0.546 bits per heavy atom. The Morgan fingerprint density at radius 2 is 0.917 bits per heavy atom. The molecular formula is C88H116N12O8. The summed E-state index contributed by atoms with van der Waals surface area (Å²) in [5, 5.41) is 16.0. The summed E-state index contributed by atoms with van der Waals surface area (Å²) in [5.41, 5.74) is 23.5. The van der Waals surface area contributed by atoms with Gasteiger partial charge in [-0.2, -0.15) is 0 Å². The highest BCUT2D eigenvalue weighted by molar-refractivity contribution is 5.99. The van der Waals surface area contributed by atoms with E-state index in [0.717, 1.165) is 58.7 Å². The summed E-state index contributed by atoms with van der Waals surface area (Å²) in [7, 11) is 11.9. The average Bonchev–Trinajstić information content (AvgIpc) is 0.812. The van der Waals surface area contributed by atoms with Crippen molar-refractivity contribution in [2.75, 3.05) is 74.5 Å². The maximum absolute atomic E-state index is 13.1. The molecule has 5 atom stereocenters. The second-order valence-corrected chi connectivity index (χ2v) is 29.4. The molecule has 1 aromatic heterocycles. The summed E-state index contributed by atoms with van der Waals surface area (Å²) in [6.07, 6.45) is 25.3. The van der Waals surface area contributed by atoms with Gasteiger partial charge in [-0.25, -0.2) is 9.97 Å². The summed E-state index contributed by atoms with van der Waals surface area (Å²) >= 11 is 0. The summed E-state index contributed by atoms with van der Waals surface area (Å²) < 4.78 is 16.1. The topological polar surface area (TPSA) is 293 Å². The number of benzene rings is 6. The molecule has 108 heavy (non-hydrogen) atoms. The van der Waals surface area contributed by atoms with Crippen LogP contribution in [0.4, 0.5) is 5.95 Å². The summed E-state index contributed by atoms with van der Waals surface area (Å²) in [5.74, 6) is 3.87. The Labute approximate surface area is 640 Å². The van der Waals surface area contributed by atoms with Gasteiger partial charge in [0, 0.05) is 124 Å². The van der Waals surface area contributed by atoms with Gasteiger partial charge in [0.05, 0.1) is 38.0 Å². The first kappa shape index (κ1) is 83.3. The number of aromatic nitrogens is 2. The van der Waals surface area contributed by atoms with Crippen molar-refractivity contribution in [2.45, 2.75) is 164 Å². The van der Waals surface area contributed by atoms with Gasteiger partial charge in [-0.15, -0.1) is 0 Å². The zero-order valence-electron chi connectivity index (χ0n) is 65.0. The van der Waals surface area contributed by atoms with Gasteiger partial charge >= 0.3 is 0 Å². The standard InChI is InChI=1S/C30H38N2O3.C24H26N4O2.C24H28N2O3.C8H17N.C2H7N3/c1-22(23-11-5-3-6-12-23)31-20-24-19-30(18-17-27(24)33,25-13-7-4-8-14-25)21-32-29(34)26-15-9-10-16-28(26)35-2;1-25-23-26-15-17-14-24(13-12-20(17)28-23,18-8-4-3-5-9-18)16-27-22(29)19-10-6-7-11-21(19)30-2;1-26(2)16-18-15-24(14-13-21(18)27,19-9-5-4-6-10-19)17-25-23(28)20-11-7-8-12-22(20)29-3;1-7(9)8-5-3-2-4-6-8;1-5-2(3)4/h4,7-10,13-16,20,22-23,31H,3,5-6,11-12,17-19,21H2,1-2H3,(H,32,34);3-11,15H,12-14,16H2,1-2H3,(H,27,29)(H,25,26,28);4-12,16H,13-15,17H2,1-3H3,(H,25,28);7-8H,2-6,9H2,1H3;1H3,(H4,3,4,5)/b24-20-;;18-16-;;/t22-,30?;;;7-;/m1..1./s1. The number of nitrogens with one attached hydrogen (secondary N) is 5. The lowest BCUT2D eigenvalue weighted by molar-refractivity contribution is -0.118. The third-order valence-electron chi connectivity index (χ3n) is 21.9. The van der Waals surface area contributed by atoms with Crippen LogP contribution in [0.2, 0.25) is 0 Å². The first-order valence-corrected chi connectivity index (χ1v) is 38.2. The van der Waals surface area contributed by atoms with E-state index in [-0.39, 0.29) is 51.5 Å². The molecule has 0 saturated heterocycles. The predicted octanol–water partition coefficient (Wildman–Crippen LogP) is 13.3. The Hall–Kier alpha value is -10.3. The lowest BCUT2D eigenvalue weighted by Gasteiger charge is -2.39. The van der Waals surface area contributed by atoms with Gasteiger partial charge < -0.3 is 62.9 Å². The molecule has 4 saturated carbocycles. The van der Waals surface area contributed by atoms with Crippen LogP contribution in [-0.2, 0) is 38.7 Å². The minimum Gasteiger partial charge on any atom is -0.496 e. The fraction of sp³-hybridized carbons (Fsp3) is 0.432. The molecule has 12 rings (SSSR count). The molecular weight excluding hydrogens is 1350 g/mol. The van der Waals surface area contributed by atoms with E-state index < -0.39 is 0 Å². The third-order valence-corrected chi connectivity index (χ3v) is 21.9. The molecule has 20 nitrogen and oxygen atoms in total. The number of rotatable bonds is 21. The van der Waals surface area contributed by atoms with Crippen LogP contribution in [0.15, 0.2) is 199 Å². The number of nitrogens with zero attached hydrogens (tertiary/aromatic N) is 4. The molecule has 3 unspecified atom stereocenters. The highest BCUT2D eigenvalue weighted by atomic mass is 16.5. The van der Waals surface area contributed by atoms with Crippen LogP contribution in [-0.4, -0.2) is 131 Å². The fourth-order valence-electron chi connectivity index (χ4n) is 15.5. The molecule has 0 aliphatic heterocycles. The minimum atomic E-state index is -0.339. The number of hydrogen-bond acceptors (Lipinski definition) is 15. The average molecular weight is 1470 g/mol. The fourth-order valence-corrected chi connectivity index (χ4v) is 15.5. The van der Waals surface area contributed by atoms with Crippen LogP contribution >= 0.6 is 0 Å². The SMILES string of the molecule is CN=C(N)N.CNc1ncc2c(n1)CCC(CNC(=O)c1ccccc1OC)(c1ccccc1)C2.COc1ccccc1C(=O)NCC1(c2ccccc2)CCC(=O)/C(=C\N(C)C)C1.COc1ccccc1C(=O)NCC1(c2ccccc2)CCC(=O)/C(=C\N[C@H](C)C2CCCCC2)C1.C[C@@H](N)C1CCCCC1. The molecule has 20 heteroatoms. The zero-order valence-corrected chi connectivity index (χ0v) is 65.0. The van der Waals surface area contributed by atoms with E-state index in [0.29, 0.717) is 116 Å². The highest BCUT2D eigenvalue weighted by Crippen LogP contribution is 2.43. The van der Waals surface area contributed by atoms with Crippen molar-refractivity contribution < 1.29 is 38.2 Å². The molecule has 0 radical (unpaired) electrons. The number of hydrogen-bond donors (Lipinski definition) is 8. The number of aliphatic imine (C=N–C) groups is 1. The van der Waals surface area contributed by atoms with Crippen molar-refractivity contribution in [3.8, 4) is 17.2 Å². The van der Waals surface area contributed by atoms with E-state index in [1.165, 1.54) is 76.8 Å². The predicted molar refractivity (Wildman–Crippen MR) is 433 cm³/mol. The Kier molecular flexibility index (Phi) is 32.2. The van der Waals surface area contributed by atoms with Crippen LogP contribution in [0.3, 0.4) is 0 Å². The number of ether oxygens (including phenoxy) is 3. The number of amides is 3. The maximum Gasteiger partial charge on any atom is 0.255 e. The second kappa shape index (κ2) is 41.7. The summed E-state index contributed by atoms with van der Waals surface area (Å²) in [4.78, 5) is 78.7. The number of nitrogens with two attached hydrogens (primary N) is 3. The number of carbonyl (C=O) groups is 5. The van der Waals surface area contributed by atoms with E-state index in [1.807, 2.05) is 124 Å². The van der Waals surface area contributed by atoms with Crippen molar-refractivity contribution in [1.29, 1.82) is 0 Å². The smallest absolute Gasteiger partial charge is 0.255 e. The second-order valence-electron chi connectivity index (χ2n) is 29.4. The van der Waals surface area contributed by atoms with Crippen molar-refractivity contribution in [3.05, 3.63) is 238 Å². The lowest BCUT2D eigenvalue weighted by Crippen LogP contribution is -2.45. The maximum atomic E-state index is 13.1. The number of para-hydroxylation sites is 3. The van der Waals surface area contributed by atoms with Crippen LogP contribution < -0.4 is 58.0 Å². The number of fused-ring (bicyclic) bond motifs is 1. The molecule has 0 bridgehead atoms. The molecule has 1 heterocycles. The number of Topliss-reactive ketones (excluding diaryl/α,β-unsaturated/α-hetero) is 2. The summed E-state index contributed by atoms with van der Waals surface area (Å²) in [6, 6.07) is 53.4. The number of methoxy groups -OCH3 is 3. The molecule has 5 aliphatic carbocycles. The lowest BCUT2D eigenvalue weighted by atomic mass is 9.67. The molecule has 5 aliphatic rings. The number of anilines is 1. The van der Waals surface area contributed by atoms with E-state index >= 15 is 0 Å². The largest absolute Gasteiger partial charge is 0.496 e. The third kappa shape index (κ3) is 23.3. The van der Waals surface area contributed by atoms with Crippen molar-refractivity contribution in [1.82, 2.24) is 36.1 Å². The van der Waals surface area contributed by atoms with Gasteiger partial charge in [0.15, 0.2) is 17.5 Å². The van der Waals surface area contributed by atoms with E-state index in [4.69, 9.17) is 31.4 Å². The molecule has 7 aromatic rings. The van der Waals surface area contributed by atoms with E-state index in [1.54, 1.807) is 57.7 Å². The number of guanidine groups is 1. The van der Waals surface area contributed by atoms with Crippen molar-refractivity contribution in [2.24, 2.45) is 34.0 Å². The van der Waals surface area contributed by atoms with Gasteiger partial charge in [-0.05, 0) is 155 Å². The van der Waals surface area contributed by atoms with Crippen molar-refractivity contribution >= 4 is 41.2 Å². The van der Waals surface area contributed by atoms with Crippen LogP contribution in [0.1, 0.15) is 182 Å². The number of ketones is 2. The molecule has 576 valence electrons. The first-order chi connectivity index (χ1) is 52.2. The quantitative estimate of drug-likeness (QED) is 0.0188. The number of carbonyl (C=O) groups excluding carboxylic acids is 5. The van der Waals surface area contributed by atoms with Gasteiger partial charge in [0.1, 0.15) is 17.2 Å². The highest BCUT2D eigenvalue weighted by Gasteiger charge is 2.42. The van der Waals surface area contributed by atoms with Crippen molar-refractivity contribution in [3.63, 3.8) is 0 Å². The molecule has 11 N–H and O–H groups in total. The molecule has 4 fully saturated rings. The van der Waals surface area contributed by atoms with Crippen LogP contribution in [0.5, 0.6) is 17.2 Å². The Morgan fingerprint density at radius 3 is 1.30 bits per heavy atom. The molecule has 3 amide bonds. The molecule has 6 aromatic carbocycles. The normalized spacial score (nSPS) is 20.3. The zero-order chi connectivity index (χ0) is 77.5. The van der Waals surface area contributed by atoms with Gasteiger partial charge in [-0.3, -0.25) is 29.0 Å². The minimum absolute atomic E-state index is 0.129. The van der Waals surface area contributed by atoms with E-state index in [2.05, 4.69) is 104 Å². The van der Waals surface area contributed by atoms with Gasteiger partial charge in [0.2, 0.25) is 5.95 Å². The first-order valence-electron chi connectivity index (χ1n) is 38.2. The van der Waals surface area contributed by atoms with Gasteiger partial charge in [-0.1, -0.05) is 166 Å². The monoisotopic (exact) mass is 1470 g/mol. The van der Waals surface area contributed by atoms with Crippen LogP contribution in [0.25, 0.3) is 0 Å².